The fourth-order valence-corrected chi connectivity index (χ4v) is 2.18. The van der Waals surface area contributed by atoms with Crippen LogP contribution in [0, 0.1) is 5.92 Å². The quantitative estimate of drug-likeness (QED) is 0.677. The zero-order chi connectivity index (χ0) is 19.6. The van der Waals surface area contributed by atoms with E-state index in [0.717, 1.165) is 12.2 Å². The Morgan fingerprint density at radius 2 is 1.59 bits per heavy atom. The third-order valence-electron chi connectivity index (χ3n) is 3.76. The summed E-state index contributed by atoms with van der Waals surface area (Å²) in [7, 11) is 1.58. The Bertz CT molecular complexity index is 738. The average Bonchev–Trinajstić information content (AvgIpc) is 2.67. The Kier molecular flexibility index (Phi) is 7.67. The molecule has 0 saturated heterocycles. The minimum atomic E-state index is -0.364. The first kappa shape index (κ1) is 20.3. The summed E-state index contributed by atoms with van der Waals surface area (Å²) in [6, 6.07) is 13.5. The molecule has 27 heavy (non-hydrogen) atoms. The largest absolute Gasteiger partial charge is 0.497 e. The number of methoxy groups -OCH3 is 1. The van der Waals surface area contributed by atoms with Gasteiger partial charge in [0, 0.05) is 5.69 Å². The van der Waals surface area contributed by atoms with Gasteiger partial charge < -0.3 is 19.5 Å². The summed E-state index contributed by atoms with van der Waals surface area (Å²) in [6.45, 7) is 4.43. The standard InChI is InChI=1S/C21H25NO5/c1-15(2)12-13-26-21(24)16-4-6-17(7-5-16)22-20(23)14-27-19-10-8-18(25-3)9-11-19/h4-11,15H,12-14H2,1-3H3,(H,22,23). The molecular weight excluding hydrogens is 346 g/mol. The van der Waals surface area contributed by atoms with Gasteiger partial charge in [0.05, 0.1) is 19.3 Å². The van der Waals surface area contributed by atoms with Gasteiger partial charge in [-0.1, -0.05) is 13.8 Å². The molecule has 2 aromatic rings. The molecule has 0 heterocycles. The number of hydrogen-bond acceptors (Lipinski definition) is 5. The number of benzene rings is 2. The molecule has 0 bridgehead atoms. The average molecular weight is 371 g/mol. The third kappa shape index (κ3) is 7.01. The van der Waals surface area contributed by atoms with E-state index in [9.17, 15) is 9.59 Å². The van der Waals surface area contributed by atoms with Crippen molar-refractivity contribution in [2.75, 3.05) is 25.6 Å². The van der Waals surface area contributed by atoms with Gasteiger partial charge in [-0.15, -0.1) is 0 Å². The van der Waals surface area contributed by atoms with Gasteiger partial charge in [0.15, 0.2) is 6.61 Å². The molecule has 0 aliphatic heterocycles. The van der Waals surface area contributed by atoms with Crippen molar-refractivity contribution in [3.05, 3.63) is 54.1 Å². The first-order valence-electron chi connectivity index (χ1n) is 8.82. The van der Waals surface area contributed by atoms with Crippen LogP contribution in [0.4, 0.5) is 5.69 Å². The highest BCUT2D eigenvalue weighted by Crippen LogP contribution is 2.17. The third-order valence-corrected chi connectivity index (χ3v) is 3.76. The smallest absolute Gasteiger partial charge is 0.338 e. The van der Waals surface area contributed by atoms with Crippen molar-refractivity contribution in [3.8, 4) is 11.5 Å². The molecule has 0 unspecified atom stereocenters. The second-order valence-corrected chi connectivity index (χ2v) is 6.41. The normalized spacial score (nSPS) is 10.4. The van der Waals surface area contributed by atoms with E-state index in [1.807, 2.05) is 0 Å². The number of carbonyl (C=O) groups is 2. The molecule has 0 aliphatic carbocycles. The highest BCUT2D eigenvalue weighted by atomic mass is 16.5. The highest BCUT2D eigenvalue weighted by molar-refractivity contribution is 5.93. The van der Waals surface area contributed by atoms with Crippen LogP contribution >= 0.6 is 0 Å². The fraction of sp³-hybridized carbons (Fsp3) is 0.333. The molecule has 1 amide bonds. The van der Waals surface area contributed by atoms with Crippen LogP contribution in [0.2, 0.25) is 0 Å². The maximum Gasteiger partial charge on any atom is 0.338 e. The fourth-order valence-electron chi connectivity index (χ4n) is 2.18. The van der Waals surface area contributed by atoms with Crippen molar-refractivity contribution in [2.45, 2.75) is 20.3 Å². The minimum Gasteiger partial charge on any atom is -0.497 e. The molecule has 144 valence electrons. The maximum absolute atomic E-state index is 12.0. The monoisotopic (exact) mass is 371 g/mol. The van der Waals surface area contributed by atoms with Crippen LogP contribution in [0.3, 0.4) is 0 Å². The summed E-state index contributed by atoms with van der Waals surface area (Å²) >= 11 is 0. The van der Waals surface area contributed by atoms with E-state index in [1.165, 1.54) is 0 Å². The van der Waals surface area contributed by atoms with Gasteiger partial charge in [0.2, 0.25) is 0 Å². The van der Waals surface area contributed by atoms with Crippen LogP contribution in [-0.2, 0) is 9.53 Å². The lowest BCUT2D eigenvalue weighted by Crippen LogP contribution is -2.20. The molecule has 6 heteroatoms. The first-order chi connectivity index (χ1) is 13.0. The van der Waals surface area contributed by atoms with Gasteiger partial charge in [-0.3, -0.25) is 4.79 Å². The Morgan fingerprint density at radius 1 is 0.963 bits per heavy atom. The van der Waals surface area contributed by atoms with Gasteiger partial charge in [-0.2, -0.15) is 0 Å². The van der Waals surface area contributed by atoms with E-state index in [4.69, 9.17) is 14.2 Å². The minimum absolute atomic E-state index is 0.120. The molecule has 1 N–H and O–H groups in total. The lowest BCUT2D eigenvalue weighted by atomic mass is 10.1. The second kappa shape index (κ2) is 10.2. The second-order valence-electron chi connectivity index (χ2n) is 6.41. The van der Waals surface area contributed by atoms with Gasteiger partial charge in [0.25, 0.3) is 5.91 Å². The summed E-state index contributed by atoms with van der Waals surface area (Å²) in [5.74, 6) is 1.12. The summed E-state index contributed by atoms with van der Waals surface area (Å²) in [4.78, 5) is 23.9. The van der Waals surface area contributed by atoms with Crippen molar-refractivity contribution in [1.82, 2.24) is 0 Å². The van der Waals surface area contributed by atoms with E-state index < -0.39 is 0 Å². The first-order valence-corrected chi connectivity index (χ1v) is 8.82. The van der Waals surface area contributed by atoms with Crippen LogP contribution < -0.4 is 14.8 Å². The molecule has 0 aliphatic rings. The zero-order valence-corrected chi connectivity index (χ0v) is 15.9. The molecule has 0 aromatic heterocycles. The van der Waals surface area contributed by atoms with E-state index in [2.05, 4.69) is 19.2 Å². The van der Waals surface area contributed by atoms with E-state index in [-0.39, 0.29) is 18.5 Å². The lowest BCUT2D eigenvalue weighted by molar-refractivity contribution is -0.118. The number of hydrogen-bond donors (Lipinski definition) is 1. The van der Waals surface area contributed by atoms with Crippen molar-refractivity contribution >= 4 is 17.6 Å². The molecule has 6 nitrogen and oxygen atoms in total. The van der Waals surface area contributed by atoms with Gasteiger partial charge in [-0.05, 0) is 60.9 Å². The maximum atomic E-state index is 12.0. The molecule has 2 aromatic carbocycles. The Balaban J connectivity index is 1.79. The molecule has 2 rings (SSSR count). The Hall–Kier alpha value is -3.02. The molecule has 0 fully saturated rings. The van der Waals surface area contributed by atoms with Crippen molar-refractivity contribution < 1.29 is 23.8 Å². The van der Waals surface area contributed by atoms with Crippen LogP contribution in [0.5, 0.6) is 11.5 Å². The number of esters is 1. The summed E-state index contributed by atoms with van der Waals surface area (Å²) < 4.78 is 15.7. The van der Waals surface area contributed by atoms with E-state index >= 15 is 0 Å². The van der Waals surface area contributed by atoms with Crippen molar-refractivity contribution in [3.63, 3.8) is 0 Å². The number of carbonyl (C=O) groups excluding carboxylic acids is 2. The molecule has 0 saturated carbocycles. The molecular formula is C21H25NO5. The summed E-state index contributed by atoms with van der Waals surface area (Å²) in [5.41, 5.74) is 1.03. The van der Waals surface area contributed by atoms with E-state index in [1.54, 1.807) is 55.6 Å². The van der Waals surface area contributed by atoms with Crippen molar-refractivity contribution in [1.29, 1.82) is 0 Å². The predicted molar refractivity (Wildman–Crippen MR) is 103 cm³/mol. The number of rotatable bonds is 9. The van der Waals surface area contributed by atoms with Crippen LogP contribution in [-0.4, -0.2) is 32.2 Å². The van der Waals surface area contributed by atoms with Gasteiger partial charge in [0.1, 0.15) is 11.5 Å². The van der Waals surface area contributed by atoms with Gasteiger partial charge in [-0.25, -0.2) is 4.79 Å². The number of nitrogens with one attached hydrogen (secondary N) is 1. The van der Waals surface area contributed by atoms with Crippen LogP contribution in [0.25, 0.3) is 0 Å². The van der Waals surface area contributed by atoms with Crippen molar-refractivity contribution in [2.24, 2.45) is 5.92 Å². The van der Waals surface area contributed by atoms with Gasteiger partial charge >= 0.3 is 5.97 Å². The van der Waals surface area contributed by atoms with Crippen LogP contribution in [0.1, 0.15) is 30.6 Å². The molecule has 0 spiro atoms. The Morgan fingerprint density at radius 3 is 2.19 bits per heavy atom. The number of anilines is 1. The Labute approximate surface area is 159 Å². The predicted octanol–water partition coefficient (Wildman–Crippen LogP) is 3.92. The SMILES string of the molecule is COc1ccc(OCC(=O)Nc2ccc(C(=O)OCCC(C)C)cc2)cc1. The highest BCUT2D eigenvalue weighted by Gasteiger charge is 2.09. The number of ether oxygens (including phenoxy) is 3. The molecule has 0 radical (unpaired) electrons. The van der Waals surface area contributed by atoms with E-state index in [0.29, 0.717) is 29.5 Å². The molecule has 0 atom stereocenters. The van der Waals surface area contributed by atoms with Crippen LogP contribution in [0.15, 0.2) is 48.5 Å². The number of amides is 1. The zero-order valence-electron chi connectivity index (χ0n) is 15.9. The summed E-state index contributed by atoms with van der Waals surface area (Å²) in [6.07, 6.45) is 0.827. The summed E-state index contributed by atoms with van der Waals surface area (Å²) in [5, 5.41) is 2.72. The lowest BCUT2D eigenvalue weighted by Gasteiger charge is -2.09. The topological polar surface area (TPSA) is 73.9 Å².